The van der Waals surface area contributed by atoms with Crippen molar-refractivity contribution in [1.82, 2.24) is 4.57 Å². The summed E-state index contributed by atoms with van der Waals surface area (Å²) >= 11 is 0. The Labute approximate surface area is 230 Å². The summed E-state index contributed by atoms with van der Waals surface area (Å²) in [5.41, 5.74) is 0.736. The van der Waals surface area contributed by atoms with Crippen LogP contribution >= 0.6 is 0 Å². The van der Waals surface area contributed by atoms with Crippen molar-refractivity contribution in [2.24, 2.45) is 7.05 Å². The molecule has 0 spiro atoms. The predicted octanol–water partition coefficient (Wildman–Crippen LogP) is 5.15. The standard InChI is InChI=1S/C29H33F2NO5S2/c1-7-39(36,37)17-20-12-23(24(13-26(20)31)28(34)19-8-10-21(30)11-9-19)25-15-32(6)27(33)14-22(25)18(2)16-38(35)29(3,4)5/h8-15,18H,7,16-17H2,1-6H3/t18-,38-/m1/s1. The zero-order valence-corrected chi connectivity index (χ0v) is 24.5. The van der Waals surface area contributed by atoms with Crippen molar-refractivity contribution in [3.63, 3.8) is 0 Å². The normalized spacial score (nSPS) is 13.7. The average molecular weight is 578 g/mol. The van der Waals surface area contributed by atoms with Crippen molar-refractivity contribution in [2.45, 2.75) is 51.0 Å². The minimum Gasteiger partial charge on any atom is -0.318 e. The molecule has 39 heavy (non-hydrogen) atoms. The number of sulfone groups is 1. The number of carbonyl (C=O) groups is 1. The molecule has 0 radical (unpaired) electrons. The van der Waals surface area contributed by atoms with Crippen LogP contribution < -0.4 is 5.56 Å². The second-order valence-electron chi connectivity index (χ2n) is 10.6. The van der Waals surface area contributed by atoms with E-state index in [2.05, 4.69) is 0 Å². The fourth-order valence-electron chi connectivity index (χ4n) is 4.08. The highest BCUT2D eigenvalue weighted by atomic mass is 32.2. The van der Waals surface area contributed by atoms with Crippen LogP contribution in [0.4, 0.5) is 8.78 Å². The lowest BCUT2D eigenvalue weighted by atomic mass is 9.88. The molecule has 0 aliphatic heterocycles. The molecular weight excluding hydrogens is 544 g/mol. The number of hydrogen-bond acceptors (Lipinski definition) is 5. The molecule has 1 heterocycles. The lowest BCUT2D eigenvalue weighted by Gasteiger charge is -2.23. The highest BCUT2D eigenvalue weighted by molar-refractivity contribution is 7.90. The van der Waals surface area contributed by atoms with Crippen molar-refractivity contribution in [1.29, 1.82) is 0 Å². The lowest BCUT2D eigenvalue weighted by Crippen LogP contribution is -2.27. The summed E-state index contributed by atoms with van der Waals surface area (Å²) in [5, 5.41) is 0. The van der Waals surface area contributed by atoms with Gasteiger partial charge in [-0.05, 0) is 74.2 Å². The van der Waals surface area contributed by atoms with Gasteiger partial charge in [0.15, 0.2) is 15.6 Å². The Morgan fingerprint density at radius 2 is 1.67 bits per heavy atom. The largest absolute Gasteiger partial charge is 0.318 e. The molecular formula is C29H33F2NO5S2. The number of ketones is 1. The topological polar surface area (TPSA) is 90.3 Å². The average Bonchev–Trinajstić information content (AvgIpc) is 2.85. The minimum atomic E-state index is -3.62. The van der Waals surface area contributed by atoms with E-state index < -0.39 is 54.5 Å². The maximum atomic E-state index is 15.3. The highest BCUT2D eigenvalue weighted by Crippen LogP contribution is 2.35. The first-order valence-electron chi connectivity index (χ1n) is 12.5. The zero-order valence-electron chi connectivity index (χ0n) is 22.9. The molecule has 0 aliphatic rings. The van der Waals surface area contributed by atoms with E-state index in [0.29, 0.717) is 11.1 Å². The zero-order chi connectivity index (χ0) is 29.3. The van der Waals surface area contributed by atoms with E-state index in [0.717, 1.165) is 18.2 Å². The molecule has 0 amide bonds. The Morgan fingerprint density at radius 1 is 1.05 bits per heavy atom. The van der Waals surface area contributed by atoms with E-state index >= 15 is 4.39 Å². The van der Waals surface area contributed by atoms with Crippen LogP contribution in [0.15, 0.2) is 53.5 Å². The maximum Gasteiger partial charge on any atom is 0.250 e. The van der Waals surface area contributed by atoms with Crippen LogP contribution in [0.1, 0.15) is 67.6 Å². The van der Waals surface area contributed by atoms with Gasteiger partial charge in [0.05, 0.1) is 5.75 Å². The molecule has 210 valence electrons. The summed E-state index contributed by atoms with van der Waals surface area (Å²) in [6.45, 7) is 8.82. The van der Waals surface area contributed by atoms with E-state index in [1.807, 2.05) is 27.7 Å². The number of aryl methyl sites for hydroxylation is 1. The monoisotopic (exact) mass is 577 g/mol. The van der Waals surface area contributed by atoms with Gasteiger partial charge in [0.2, 0.25) is 0 Å². The van der Waals surface area contributed by atoms with E-state index in [1.165, 1.54) is 49.0 Å². The highest BCUT2D eigenvalue weighted by Gasteiger charge is 2.27. The Hall–Kier alpha value is -2.98. The van der Waals surface area contributed by atoms with Gasteiger partial charge >= 0.3 is 0 Å². The molecule has 10 heteroatoms. The van der Waals surface area contributed by atoms with Gasteiger partial charge in [-0.15, -0.1) is 0 Å². The van der Waals surface area contributed by atoms with Gasteiger partial charge in [0, 0.05) is 68.6 Å². The fourth-order valence-corrected chi connectivity index (χ4v) is 6.11. The van der Waals surface area contributed by atoms with Gasteiger partial charge in [-0.2, -0.15) is 0 Å². The van der Waals surface area contributed by atoms with Crippen LogP contribution in [-0.2, 0) is 33.4 Å². The molecule has 0 saturated carbocycles. The van der Waals surface area contributed by atoms with Crippen molar-refractivity contribution >= 4 is 26.4 Å². The number of benzene rings is 2. The second kappa shape index (κ2) is 11.6. The van der Waals surface area contributed by atoms with Gasteiger partial charge in [-0.25, -0.2) is 17.2 Å². The quantitative estimate of drug-likeness (QED) is 0.328. The minimum absolute atomic E-state index is 0.0687. The third-order valence-electron chi connectivity index (χ3n) is 6.52. The van der Waals surface area contributed by atoms with Crippen LogP contribution in [0, 0.1) is 11.6 Å². The number of nitrogens with zero attached hydrogens (tertiary/aromatic N) is 1. The molecule has 2 atom stereocenters. The SMILES string of the molecule is CCS(=O)(=O)Cc1cc(-c2cn(C)c(=O)cc2[C@H](C)C[S@@](=O)C(C)(C)C)c(C(=O)c2ccc(F)cc2)cc1F. The second-order valence-corrected chi connectivity index (χ2v) is 15.2. The summed E-state index contributed by atoms with van der Waals surface area (Å²) < 4.78 is 67.3. The maximum absolute atomic E-state index is 15.3. The number of rotatable bonds is 9. The summed E-state index contributed by atoms with van der Waals surface area (Å²) in [5.74, 6) is -2.94. The molecule has 1 aromatic heterocycles. The van der Waals surface area contributed by atoms with Crippen LogP contribution in [0.25, 0.3) is 11.1 Å². The Bertz CT molecular complexity index is 1590. The number of halogens is 2. The molecule has 0 bridgehead atoms. The third kappa shape index (κ3) is 7.16. The molecule has 0 fully saturated rings. The molecule has 0 saturated heterocycles. The number of aromatic nitrogens is 1. The van der Waals surface area contributed by atoms with Crippen LogP contribution in [0.2, 0.25) is 0 Å². The van der Waals surface area contributed by atoms with Crippen LogP contribution in [0.5, 0.6) is 0 Å². The summed E-state index contributed by atoms with van der Waals surface area (Å²) in [7, 11) is -3.35. The molecule has 0 N–H and O–H groups in total. The Balaban J connectivity index is 2.32. The third-order valence-corrected chi connectivity index (χ3v) is 10.3. The smallest absolute Gasteiger partial charge is 0.250 e. The van der Waals surface area contributed by atoms with Crippen molar-refractivity contribution in [2.75, 3.05) is 11.5 Å². The molecule has 6 nitrogen and oxygen atoms in total. The molecule has 3 rings (SSSR count). The molecule has 0 unspecified atom stereocenters. The summed E-state index contributed by atoms with van der Waals surface area (Å²) in [6, 6.07) is 8.53. The first-order valence-corrected chi connectivity index (χ1v) is 15.6. The van der Waals surface area contributed by atoms with Crippen molar-refractivity contribution < 1.29 is 26.2 Å². The van der Waals surface area contributed by atoms with Gasteiger partial charge in [-0.3, -0.25) is 13.8 Å². The van der Waals surface area contributed by atoms with E-state index in [-0.39, 0.29) is 39.3 Å². The lowest BCUT2D eigenvalue weighted by molar-refractivity contribution is 0.103. The van der Waals surface area contributed by atoms with Gasteiger partial charge < -0.3 is 4.57 Å². The Morgan fingerprint density at radius 3 is 2.23 bits per heavy atom. The van der Waals surface area contributed by atoms with Gasteiger partial charge in [0.25, 0.3) is 5.56 Å². The van der Waals surface area contributed by atoms with Gasteiger partial charge in [-0.1, -0.05) is 13.8 Å². The van der Waals surface area contributed by atoms with Crippen LogP contribution in [-0.4, -0.2) is 39.2 Å². The van der Waals surface area contributed by atoms with Crippen LogP contribution in [0.3, 0.4) is 0 Å². The molecule has 2 aromatic carbocycles. The predicted molar refractivity (Wildman–Crippen MR) is 151 cm³/mol. The number of pyridine rings is 1. The molecule has 0 aliphatic carbocycles. The van der Waals surface area contributed by atoms with Crippen molar-refractivity contribution in [3.05, 3.63) is 92.9 Å². The molecule has 3 aromatic rings. The van der Waals surface area contributed by atoms with E-state index in [9.17, 15) is 26.6 Å². The Kier molecular flexibility index (Phi) is 9.12. The first kappa shape index (κ1) is 30.6. The summed E-state index contributed by atoms with van der Waals surface area (Å²) in [6.07, 6.45) is 1.51. The van der Waals surface area contributed by atoms with E-state index in [1.54, 1.807) is 0 Å². The van der Waals surface area contributed by atoms with Gasteiger partial charge in [0.1, 0.15) is 11.6 Å². The van der Waals surface area contributed by atoms with E-state index in [4.69, 9.17) is 0 Å². The fraction of sp³-hybridized carbons (Fsp3) is 0.379. The number of carbonyl (C=O) groups excluding carboxylic acids is 1. The number of hydrogen-bond donors (Lipinski definition) is 0. The summed E-state index contributed by atoms with van der Waals surface area (Å²) in [4.78, 5) is 26.2. The first-order chi connectivity index (χ1) is 18.0. The van der Waals surface area contributed by atoms with Crippen molar-refractivity contribution in [3.8, 4) is 11.1 Å².